The molecule has 1 aliphatic carbocycles. The molecule has 2 heterocycles. The van der Waals surface area contributed by atoms with Crippen molar-refractivity contribution in [1.29, 1.82) is 0 Å². The molecule has 3 rings (SSSR count). The third kappa shape index (κ3) is 3.91. The molecule has 0 aromatic carbocycles. The molecule has 1 saturated carbocycles. The number of nitrogens with zero attached hydrogens (tertiary/aromatic N) is 1. The van der Waals surface area contributed by atoms with E-state index in [-0.39, 0.29) is 12.0 Å². The number of nitrogens with one attached hydrogen (secondary N) is 2. The van der Waals surface area contributed by atoms with E-state index in [1.807, 2.05) is 0 Å². The molecule has 0 radical (unpaired) electrons. The number of morpholine rings is 1. The number of hydrogen-bond acceptors (Lipinski definition) is 4. The van der Waals surface area contributed by atoms with Crippen molar-refractivity contribution in [1.82, 2.24) is 15.5 Å². The standard InChI is InChI=1S/C14H25N3O2/c18-14(8-15-6-11-3-4-11)16-7-13-9-17-5-1-2-12(17)10-19-13/h11-13,15H,1-10H2,(H,16,18). The van der Waals surface area contributed by atoms with Crippen LogP contribution in [0.1, 0.15) is 25.7 Å². The maximum absolute atomic E-state index is 11.7. The molecule has 2 N–H and O–H groups in total. The van der Waals surface area contributed by atoms with Gasteiger partial charge in [0.15, 0.2) is 0 Å². The van der Waals surface area contributed by atoms with E-state index >= 15 is 0 Å². The summed E-state index contributed by atoms with van der Waals surface area (Å²) < 4.78 is 5.82. The molecule has 108 valence electrons. The number of carbonyl (C=O) groups excluding carboxylic acids is 1. The van der Waals surface area contributed by atoms with E-state index in [9.17, 15) is 4.79 Å². The van der Waals surface area contributed by atoms with Crippen LogP contribution in [0.4, 0.5) is 0 Å². The van der Waals surface area contributed by atoms with Gasteiger partial charge in [0.05, 0.1) is 19.3 Å². The van der Waals surface area contributed by atoms with Crippen LogP contribution in [0.15, 0.2) is 0 Å². The lowest BCUT2D eigenvalue weighted by molar-refractivity contribution is -0.121. The summed E-state index contributed by atoms with van der Waals surface area (Å²) in [4.78, 5) is 14.2. The summed E-state index contributed by atoms with van der Waals surface area (Å²) in [6, 6.07) is 0.632. The van der Waals surface area contributed by atoms with Gasteiger partial charge in [0, 0.05) is 19.1 Å². The van der Waals surface area contributed by atoms with Gasteiger partial charge < -0.3 is 15.4 Å². The second-order valence-electron chi connectivity index (χ2n) is 6.12. The summed E-state index contributed by atoms with van der Waals surface area (Å²) in [5.74, 6) is 0.911. The van der Waals surface area contributed by atoms with Crippen LogP contribution in [0.2, 0.25) is 0 Å². The minimum atomic E-state index is 0.0906. The number of hydrogen-bond donors (Lipinski definition) is 2. The Morgan fingerprint density at radius 2 is 2.16 bits per heavy atom. The lowest BCUT2D eigenvalue weighted by Gasteiger charge is -2.35. The predicted octanol–water partition coefficient (Wildman–Crippen LogP) is -0.0346. The Morgan fingerprint density at radius 3 is 3.00 bits per heavy atom. The molecule has 0 aromatic heterocycles. The average molecular weight is 267 g/mol. The van der Waals surface area contributed by atoms with Crippen molar-refractivity contribution in [3.63, 3.8) is 0 Å². The van der Waals surface area contributed by atoms with Gasteiger partial charge in [0.2, 0.25) is 5.91 Å². The molecule has 1 amide bonds. The van der Waals surface area contributed by atoms with Crippen LogP contribution in [0, 0.1) is 5.92 Å². The molecule has 0 spiro atoms. The Hall–Kier alpha value is -0.650. The highest BCUT2D eigenvalue weighted by atomic mass is 16.5. The van der Waals surface area contributed by atoms with Crippen LogP contribution in [0.25, 0.3) is 0 Å². The molecule has 2 atom stereocenters. The average Bonchev–Trinajstić information content (AvgIpc) is 3.12. The number of carbonyl (C=O) groups is 1. The van der Waals surface area contributed by atoms with Crippen LogP contribution in [-0.4, -0.2) is 62.3 Å². The van der Waals surface area contributed by atoms with Crippen LogP contribution in [0.5, 0.6) is 0 Å². The first-order valence-corrected chi connectivity index (χ1v) is 7.64. The van der Waals surface area contributed by atoms with Gasteiger partial charge in [0.25, 0.3) is 0 Å². The maximum Gasteiger partial charge on any atom is 0.234 e. The van der Waals surface area contributed by atoms with E-state index in [0.717, 1.165) is 25.6 Å². The molecule has 5 heteroatoms. The number of fused-ring (bicyclic) bond motifs is 1. The lowest BCUT2D eigenvalue weighted by Crippen LogP contribution is -2.50. The van der Waals surface area contributed by atoms with Gasteiger partial charge in [-0.2, -0.15) is 0 Å². The topological polar surface area (TPSA) is 53.6 Å². The number of rotatable bonds is 6. The van der Waals surface area contributed by atoms with Crippen molar-refractivity contribution in [2.24, 2.45) is 5.92 Å². The van der Waals surface area contributed by atoms with Crippen molar-refractivity contribution in [3.05, 3.63) is 0 Å². The van der Waals surface area contributed by atoms with Gasteiger partial charge in [-0.15, -0.1) is 0 Å². The Balaban J connectivity index is 1.29. The van der Waals surface area contributed by atoms with E-state index in [4.69, 9.17) is 4.74 Å². The summed E-state index contributed by atoms with van der Waals surface area (Å²) in [5.41, 5.74) is 0. The number of ether oxygens (including phenoxy) is 1. The zero-order chi connectivity index (χ0) is 13.1. The van der Waals surface area contributed by atoms with Crippen LogP contribution < -0.4 is 10.6 Å². The smallest absolute Gasteiger partial charge is 0.234 e. The fraction of sp³-hybridized carbons (Fsp3) is 0.929. The Morgan fingerprint density at radius 1 is 1.26 bits per heavy atom. The molecule has 2 unspecified atom stereocenters. The van der Waals surface area contributed by atoms with E-state index in [1.54, 1.807) is 0 Å². The lowest BCUT2D eigenvalue weighted by atomic mass is 10.2. The van der Waals surface area contributed by atoms with Crippen molar-refractivity contribution in [3.8, 4) is 0 Å². The summed E-state index contributed by atoms with van der Waals surface area (Å²) in [6.07, 6.45) is 5.37. The Bertz CT molecular complexity index is 320. The van der Waals surface area contributed by atoms with Crippen molar-refractivity contribution in [2.45, 2.75) is 37.8 Å². The zero-order valence-corrected chi connectivity index (χ0v) is 11.6. The van der Waals surface area contributed by atoms with Gasteiger partial charge >= 0.3 is 0 Å². The highest BCUT2D eigenvalue weighted by Gasteiger charge is 2.32. The third-order valence-corrected chi connectivity index (χ3v) is 4.40. The second-order valence-corrected chi connectivity index (χ2v) is 6.12. The van der Waals surface area contributed by atoms with Crippen LogP contribution in [0.3, 0.4) is 0 Å². The highest BCUT2D eigenvalue weighted by molar-refractivity contribution is 5.77. The molecule has 0 aromatic rings. The molecule has 5 nitrogen and oxygen atoms in total. The third-order valence-electron chi connectivity index (χ3n) is 4.40. The van der Waals surface area contributed by atoms with Crippen molar-refractivity contribution < 1.29 is 9.53 Å². The van der Waals surface area contributed by atoms with Gasteiger partial charge in [0.1, 0.15) is 0 Å². The molecule has 3 fully saturated rings. The van der Waals surface area contributed by atoms with Gasteiger partial charge in [-0.25, -0.2) is 0 Å². The van der Waals surface area contributed by atoms with Gasteiger partial charge in [-0.05, 0) is 44.7 Å². The molecule has 2 saturated heterocycles. The fourth-order valence-corrected chi connectivity index (χ4v) is 3.01. The largest absolute Gasteiger partial charge is 0.373 e. The normalized spacial score (nSPS) is 31.2. The summed E-state index contributed by atoms with van der Waals surface area (Å²) >= 11 is 0. The maximum atomic E-state index is 11.7. The second kappa shape index (κ2) is 6.20. The monoisotopic (exact) mass is 267 g/mol. The van der Waals surface area contributed by atoms with Gasteiger partial charge in [-0.3, -0.25) is 9.69 Å². The van der Waals surface area contributed by atoms with Crippen molar-refractivity contribution >= 4 is 5.91 Å². The minimum Gasteiger partial charge on any atom is -0.373 e. The number of amides is 1. The first-order valence-electron chi connectivity index (χ1n) is 7.64. The van der Waals surface area contributed by atoms with E-state index in [2.05, 4.69) is 15.5 Å². The molecular formula is C14H25N3O2. The van der Waals surface area contributed by atoms with Gasteiger partial charge in [-0.1, -0.05) is 0 Å². The van der Waals surface area contributed by atoms with E-state index < -0.39 is 0 Å². The molecule has 19 heavy (non-hydrogen) atoms. The summed E-state index contributed by atoms with van der Waals surface area (Å²) in [6.45, 7) is 5.08. The Kier molecular flexibility index (Phi) is 4.35. The fourth-order valence-electron chi connectivity index (χ4n) is 3.01. The van der Waals surface area contributed by atoms with E-state index in [0.29, 0.717) is 19.1 Å². The van der Waals surface area contributed by atoms with Crippen LogP contribution >= 0.6 is 0 Å². The Labute approximate surface area is 115 Å². The first kappa shape index (κ1) is 13.3. The highest BCUT2D eigenvalue weighted by Crippen LogP contribution is 2.27. The molecule has 2 aliphatic heterocycles. The quantitative estimate of drug-likeness (QED) is 0.709. The first-order chi connectivity index (χ1) is 9.31. The SMILES string of the molecule is O=C(CNCC1CC1)NCC1CN2CCCC2CO1. The van der Waals surface area contributed by atoms with Crippen LogP contribution in [-0.2, 0) is 9.53 Å². The van der Waals surface area contributed by atoms with E-state index in [1.165, 1.54) is 32.2 Å². The summed E-state index contributed by atoms with van der Waals surface area (Å²) in [7, 11) is 0. The van der Waals surface area contributed by atoms with Crippen molar-refractivity contribution in [2.75, 3.05) is 39.3 Å². The minimum absolute atomic E-state index is 0.0906. The molecule has 0 bridgehead atoms. The zero-order valence-electron chi connectivity index (χ0n) is 11.6. The summed E-state index contributed by atoms with van der Waals surface area (Å²) in [5, 5.41) is 6.18. The molecular weight excluding hydrogens is 242 g/mol. The predicted molar refractivity (Wildman–Crippen MR) is 72.9 cm³/mol. The molecule has 3 aliphatic rings.